The Labute approximate surface area is 61.0 Å². The quantitative estimate of drug-likeness (QED) is 0.626. The van der Waals surface area contributed by atoms with E-state index in [9.17, 15) is 4.79 Å². The number of amides is 1. The van der Waals surface area contributed by atoms with Crippen LogP contribution in [-0.4, -0.2) is 12.5 Å². The van der Waals surface area contributed by atoms with Gasteiger partial charge in [-0.25, -0.2) is 0 Å². The molecule has 0 aliphatic carbocycles. The summed E-state index contributed by atoms with van der Waals surface area (Å²) in [4.78, 5) is 10.6. The second kappa shape index (κ2) is 4.80. The van der Waals surface area contributed by atoms with E-state index in [0.29, 0.717) is 13.0 Å². The van der Waals surface area contributed by atoms with Crippen molar-refractivity contribution in [2.24, 2.45) is 5.92 Å². The zero-order valence-electron chi connectivity index (χ0n) is 6.35. The lowest BCUT2D eigenvalue weighted by atomic mass is 10.2. The van der Waals surface area contributed by atoms with Gasteiger partial charge in [-0.05, 0) is 6.92 Å². The van der Waals surface area contributed by atoms with Gasteiger partial charge in [-0.15, -0.1) is 0 Å². The van der Waals surface area contributed by atoms with Gasteiger partial charge in [-0.2, -0.15) is 5.26 Å². The molecule has 0 aliphatic rings. The molecule has 1 N–H and O–H groups in total. The number of nitrogens with zero attached hydrogens (tertiary/aromatic N) is 1. The van der Waals surface area contributed by atoms with Gasteiger partial charge in [0.1, 0.15) is 0 Å². The summed E-state index contributed by atoms with van der Waals surface area (Å²) in [5, 5.41) is 10.9. The molecule has 0 aliphatic heterocycles. The van der Waals surface area contributed by atoms with Crippen molar-refractivity contribution in [1.29, 1.82) is 5.26 Å². The van der Waals surface area contributed by atoms with Crippen molar-refractivity contribution in [2.75, 3.05) is 6.54 Å². The Morgan fingerprint density at radius 2 is 2.40 bits per heavy atom. The molecule has 0 heterocycles. The molecule has 0 spiro atoms. The van der Waals surface area contributed by atoms with Crippen LogP contribution >= 0.6 is 0 Å². The number of carbonyl (C=O) groups is 1. The smallest absolute Gasteiger partial charge is 0.219 e. The number of nitrogens with one attached hydrogen (secondary N) is 1. The Morgan fingerprint density at radius 3 is 2.80 bits per heavy atom. The SMILES string of the molecule is CCC(=O)NCC(C)C#N. The normalized spacial score (nSPS) is 11.7. The molecule has 0 aromatic carbocycles. The maximum Gasteiger partial charge on any atom is 0.219 e. The largest absolute Gasteiger partial charge is 0.355 e. The number of rotatable bonds is 3. The minimum absolute atomic E-state index is 0.00194. The minimum Gasteiger partial charge on any atom is -0.355 e. The van der Waals surface area contributed by atoms with Crippen molar-refractivity contribution in [3.8, 4) is 6.07 Å². The third-order valence-electron chi connectivity index (χ3n) is 1.15. The first kappa shape index (κ1) is 8.96. The molecule has 1 unspecified atom stereocenters. The van der Waals surface area contributed by atoms with Gasteiger partial charge < -0.3 is 5.32 Å². The van der Waals surface area contributed by atoms with Crippen LogP contribution < -0.4 is 5.32 Å². The monoisotopic (exact) mass is 140 g/mol. The highest BCUT2D eigenvalue weighted by molar-refractivity contribution is 5.75. The fraction of sp³-hybridized carbons (Fsp3) is 0.714. The van der Waals surface area contributed by atoms with E-state index in [4.69, 9.17) is 5.26 Å². The Bertz CT molecular complexity index is 148. The molecule has 3 heteroatoms. The van der Waals surface area contributed by atoms with E-state index in [1.165, 1.54) is 0 Å². The lowest BCUT2D eigenvalue weighted by Gasteiger charge is -2.02. The van der Waals surface area contributed by atoms with Crippen LogP contribution in [0.5, 0.6) is 0 Å². The topological polar surface area (TPSA) is 52.9 Å². The standard InChI is InChI=1S/C7H12N2O/c1-3-7(10)9-5-6(2)4-8/h6H,3,5H2,1-2H3,(H,9,10). The van der Waals surface area contributed by atoms with Gasteiger partial charge in [0.05, 0.1) is 12.0 Å². The van der Waals surface area contributed by atoms with Crippen LogP contribution in [0.4, 0.5) is 0 Å². The van der Waals surface area contributed by atoms with Crippen LogP contribution in [0.15, 0.2) is 0 Å². The van der Waals surface area contributed by atoms with Crippen LogP contribution in [0.1, 0.15) is 20.3 Å². The molecule has 0 bridgehead atoms. The summed E-state index contributed by atoms with van der Waals surface area (Å²) in [5.74, 6) is -0.0856. The highest BCUT2D eigenvalue weighted by atomic mass is 16.1. The van der Waals surface area contributed by atoms with Crippen molar-refractivity contribution < 1.29 is 4.79 Å². The van der Waals surface area contributed by atoms with E-state index in [2.05, 4.69) is 5.32 Å². The average Bonchev–Trinajstić information content (AvgIpc) is 1.99. The summed E-state index contributed by atoms with van der Waals surface area (Å²) in [6, 6.07) is 2.03. The summed E-state index contributed by atoms with van der Waals surface area (Å²) >= 11 is 0. The van der Waals surface area contributed by atoms with Gasteiger partial charge in [-0.1, -0.05) is 6.92 Å². The van der Waals surface area contributed by atoms with Crippen LogP contribution in [0.25, 0.3) is 0 Å². The van der Waals surface area contributed by atoms with Crippen LogP contribution in [0, 0.1) is 17.2 Å². The molecule has 56 valence electrons. The molecule has 0 saturated carbocycles. The van der Waals surface area contributed by atoms with E-state index >= 15 is 0 Å². The Balaban J connectivity index is 3.37. The van der Waals surface area contributed by atoms with Crippen LogP contribution in [-0.2, 0) is 4.79 Å². The van der Waals surface area contributed by atoms with Crippen LogP contribution in [0.3, 0.4) is 0 Å². The lowest BCUT2D eigenvalue weighted by molar-refractivity contribution is -0.120. The number of hydrogen-bond donors (Lipinski definition) is 1. The van der Waals surface area contributed by atoms with Gasteiger partial charge in [0.2, 0.25) is 5.91 Å². The van der Waals surface area contributed by atoms with E-state index in [1.54, 1.807) is 13.8 Å². The van der Waals surface area contributed by atoms with Crippen molar-refractivity contribution in [3.05, 3.63) is 0 Å². The molecular weight excluding hydrogens is 128 g/mol. The maximum atomic E-state index is 10.6. The molecule has 10 heavy (non-hydrogen) atoms. The molecule has 1 amide bonds. The van der Waals surface area contributed by atoms with E-state index in [-0.39, 0.29) is 11.8 Å². The Morgan fingerprint density at radius 1 is 1.80 bits per heavy atom. The van der Waals surface area contributed by atoms with Crippen molar-refractivity contribution in [1.82, 2.24) is 5.32 Å². The third-order valence-corrected chi connectivity index (χ3v) is 1.15. The fourth-order valence-electron chi connectivity index (χ4n) is 0.438. The first-order chi connectivity index (χ1) is 4.70. The summed E-state index contributed by atoms with van der Waals surface area (Å²) in [6.45, 7) is 4.02. The molecule has 0 radical (unpaired) electrons. The molecule has 3 nitrogen and oxygen atoms in total. The molecular formula is C7H12N2O. The Hall–Kier alpha value is -1.04. The van der Waals surface area contributed by atoms with Crippen molar-refractivity contribution in [2.45, 2.75) is 20.3 Å². The number of nitriles is 1. The van der Waals surface area contributed by atoms with E-state index < -0.39 is 0 Å². The summed E-state index contributed by atoms with van der Waals surface area (Å²) in [5.41, 5.74) is 0. The highest BCUT2D eigenvalue weighted by Crippen LogP contribution is 1.87. The van der Waals surface area contributed by atoms with Gasteiger partial charge in [0.15, 0.2) is 0 Å². The second-order valence-corrected chi connectivity index (χ2v) is 2.19. The first-order valence-corrected chi connectivity index (χ1v) is 3.37. The predicted octanol–water partition coefficient (Wildman–Crippen LogP) is 0.672. The third kappa shape index (κ3) is 3.90. The molecule has 1 atom stereocenters. The first-order valence-electron chi connectivity index (χ1n) is 3.37. The summed E-state index contributed by atoms with van der Waals surface area (Å²) in [6.07, 6.45) is 0.484. The van der Waals surface area contributed by atoms with Gasteiger partial charge >= 0.3 is 0 Å². The van der Waals surface area contributed by atoms with Crippen molar-refractivity contribution >= 4 is 5.91 Å². The zero-order valence-corrected chi connectivity index (χ0v) is 6.35. The summed E-state index contributed by atoms with van der Waals surface area (Å²) < 4.78 is 0. The Kier molecular flexibility index (Phi) is 4.30. The van der Waals surface area contributed by atoms with E-state index in [0.717, 1.165) is 0 Å². The van der Waals surface area contributed by atoms with Crippen molar-refractivity contribution in [3.63, 3.8) is 0 Å². The number of hydrogen-bond acceptors (Lipinski definition) is 2. The predicted molar refractivity (Wildman–Crippen MR) is 38.1 cm³/mol. The van der Waals surface area contributed by atoms with Crippen LogP contribution in [0.2, 0.25) is 0 Å². The molecule has 0 aromatic heterocycles. The molecule has 0 aromatic rings. The lowest BCUT2D eigenvalue weighted by Crippen LogP contribution is -2.26. The molecule has 0 rings (SSSR count). The van der Waals surface area contributed by atoms with Gasteiger partial charge in [0, 0.05) is 13.0 Å². The fourth-order valence-corrected chi connectivity index (χ4v) is 0.438. The minimum atomic E-state index is -0.0875. The highest BCUT2D eigenvalue weighted by Gasteiger charge is 2.00. The maximum absolute atomic E-state index is 10.6. The van der Waals surface area contributed by atoms with Gasteiger partial charge in [-0.3, -0.25) is 4.79 Å². The molecule has 0 saturated heterocycles. The second-order valence-electron chi connectivity index (χ2n) is 2.19. The molecule has 0 fully saturated rings. The number of carbonyl (C=O) groups excluding carboxylic acids is 1. The summed E-state index contributed by atoms with van der Waals surface area (Å²) in [7, 11) is 0. The zero-order chi connectivity index (χ0) is 7.98. The van der Waals surface area contributed by atoms with E-state index in [1.807, 2.05) is 6.07 Å². The average molecular weight is 140 g/mol. The van der Waals surface area contributed by atoms with Gasteiger partial charge in [0.25, 0.3) is 0 Å².